The minimum absolute atomic E-state index is 0.0599. The van der Waals surface area contributed by atoms with E-state index in [0.717, 1.165) is 5.56 Å². The van der Waals surface area contributed by atoms with Crippen LogP contribution in [0.3, 0.4) is 0 Å². The molecule has 0 spiro atoms. The summed E-state index contributed by atoms with van der Waals surface area (Å²) in [6.07, 6.45) is 3.50. The third-order valence-electron chi connectivity index (χ3n) is 4.65. The van der Waals surface area contributed by atoms with Crippen LogP contribution in [0.15, 0.2) is 34.3 Å². The average molecular weight is 356 g/mol. The van der Waals surface area contributed by atoms with E-state index in [0.29, 0.717) is 23.9 Å². The summed E-state index contributed by atoms with van der Waals surface area (Å²) in [7, 11) is 1.83. The number of nitrogens with zero attached hydrogens (tertiary/aromatic N) is 4. The van der Waals surface area contributed by atoms with Crippen molar-refractivity contribution in [2.45, 2.75) is 26.8 Å². The summed E-state index contributed by atoms with van der Waals surface area (Å²) >= 11 is 1.69. The van der Waals surface area contributed by atoms with Gasteiger partial charge in [-0.2, -0.15) is 5.10 Å². The van der Waals surface area contributed by atoms with E-state index in [1.54, 1.807) is 29.1 Å². The maximum Gasteiger partial charge on any atom is 0.276 e. The molecule has 4 heterocycles. The number of aromatic nitrogens is 3. The Labute approximate surface area is 150 Å². The Morgan fingerprint density at radius 2 is 2.24 bits per heavy atom. The number of rotatable bonds is 3. The number of aryl methyl sites for hydroxylation is 2. The minimum atomic E-state index is -0.0749. The average Bonchev–Trinajstić information content (AvgIpc) is 3.26. The molecule has 3 aromatic rings. The van der Waals surface area contributed by atoms with Crippen LogP contribution in [0.5, 0.6) is 0 Å². The van der Waals surface area contributed by atoms with Gasteiger partial charge < -0.3 is 9.32 Å². The van der Waals surface area contributed by atoms with Gasteiger partial charge in [-0.1, -0.05) is 19.9 Å². The van der Waals surface area contributed by atoms with Crippen molar-refractivity contribution in [2.24, 2.45) is 12.5 Å². The summed E-state index contributed by atoms with van der Waals surface area (Å²) in [5.74, 6) is 0.897. The molecule has 25 heavy (non-hydrogen) atoms. The zero-order valence-corrected chi connectivity index (χ0v) is 15.5. The highest BCUT2D eigenvalue weighted by Gasteiger charge is 2.50. The van der Waals surface area contributed by atoms with Gasteiger partial charge in [0.1, 0.15) is 5.76 Å². The third-order valence-corrected chi connectivity index (χ3v) is 5.58. The van der Waals surface area contributed by atoms with Crippen molar-refractivity contribution in [2.75, 3.05) is 6.54 Å². The Bertz CT molecular complexity index is 923. The fourth-order valence-corrected chi connectivity index (χ4v) is 4.53. The zero-order chi connectivity index (χ0) is 17.8. The zero-order valence-electron chi connectivity index (χ0n) is 14.7. The molecule has 6 nitrogen and oxygen atoms in total. The number of carbonyl (C=O) groups excluding carboxylic acids is 1. The van der Waals surface area contributed by atoms with E-state index in [9.17, 15) is 4.79 Å². The summed E-state index contributed by atoms with van der Waals surface area (Å²) in [4.78, 5) is 20.6. The van der Waals surface area contributed by atoms with Crippen molar-refractivity contribution in [3.8, 4) is 11.5 Å². The number of likely N-dealkylation sites (tertiary alicyclic amines) is 1. The number of hydrogen-bond acceptors (Lipinski definition) is 5. The molecular weight excluding hydrogens is 336 g/mol. The Balaban J connectivity index is 1.64. The van der Waals surface area contributed by atoms with E-state index in [1.807, 2.05) is 29.6 Å². The second-order valence-corrected chi connectivity index (χ2v) is 8.15. The molecule has 0 radical (unpaired) electrons. The van der Waals surface area contributed by atoms with E-state index >= 15 is 0 Å². The van der Waals surface area contributed by atoms with Crippen LogP contribution in [-0.4, -0.2) is 32.1 Å². The fourth-order valence-electron chi connectivity index (χ4n) is 3.49. The largest absolute Gasteiger partial charge is 0.440 e. The van der Waals surface area contributed by atoms with Gasteiger partial charge in [0.05, 0.1) is 17.8 Å². The first-order valence-electron chi connectivity index (χ1n) is 8.17. The normalized spacial score (nSPS) is 19.0. The van der Waals surface area contributed by atoms with Gasteiger partial charge in [-0.25, -0.2) is 4.98 Å². The molecule has 1 amide bonds. The molecule has 0 N–H and O–H groups in total. The van der Waals surface area contributed by atoms with Gasteiger partial charge in [-0.3, -0.25) is 9.48 Å². The monoisotopic (exact) mass is 356 g/mol. The first-order valence-corrected chi connectivity index (χ1v) is 9.05. The molecule has 4 rings (SSSR count). The van der Waals surface area contributed by atoms with Crippen molar-refractivity contribution in [1.29, 1.82) is 0 Å². The van der Waals surface area contributed by atoms with Crippen LogP contribution in [-0.2, 0) is 7.05 Å². The molecule has 3 aromatic heterocycles. The lowest BCUT2D eigenvalue weighted by atomic mass is 9.74. The molecule has 1 saturated heterocycles. The van der Waals surface area contributed by atoms with Crippen molar-refractivity contribution in [1.82, 2.24) is 19.7 Å². The third kappa shape index (κ3) is 2.59. The molecule has 130 valence electrons. The Morgan fingerprint density at radius 1 is 1.44 bits per heavy atom. The van der Waals surface area contributed by atoms with Crippen LogP contribution in [0.25, 0.3) is 11.5 Å². The van der Waals surface area contributed by atoms with Crippen LogP contribution < -0.4 is 0 Å². The second kappa shape index (κ2) is 5.56. The predicted molar refractivity (Wildman–Crippen MR) is 95.3 cm³/mol. The summed E-state index contributed by atoms with van der Waals surface area (Å²) < 4.78 is 7.40. The highest BCUT2D eigenvalue weighted by atomic mass is 32.1. The number of carbonyl (C=O) groups is 1. The Kier molecular flexibility index (Phi) is 3.57. The smallest absolute Gasteiger partial charge is 0.276 e. The van der Waals surface area contributed by atoms with Crippen LogP contribution >= 0.6 is 11.3 Å². The molecule has 1 aliphatic rings. The quantitative estimate of drug-likeness (QED) is 0.718. The van der Waals surface area contributed by atoms with E-state index in [-0.39, 0.29) is 17.4 Å². The summed E-state index contributed by atoms with van der Waals surface area (Å²) in [6.45, 7) is 6.88. The minimum Gasteiger partial charge on any atom is -0.440 e. The van der Waals surface area contributed by atoms with Crippen LogP contribution in [0.1, 0.15) is 41.0 Å². The summed E-state index contributed by atoms with van der Waals surface area (Å²) in [5.41, 5.74) is 1.21. The molecule has 1 fully saturated rings. The van der Waals surface area contributed by atoms with E-state index in [4.69, 9.17) is 4.42 Å². The van der Waals surface area contributed by atoms with Gasteiger partial charge in [0.15, 0.2) is 5.69 Å². The first kappa shape index (κ1) is 16.1. The van der Waals surface area contributed by atoms with E-state index < -0.39 is 0 Å². The lowest BCUT2D eigenvalue weighted by Gasteiger charge is -2.53. The number of thiophene rings is 1. The molecule has 7 heteroatoms. The van der Waals surface area contributed by atoms with Crippen molar-refractivity contribution >= 4 is 17.2 Å². The van der Waals surface area contributed by atoms with Crippen molar-refractivity contribution < 1.29 is 9.21 Å². The number of oxazole rings is 1. The van der Waals surface area contributed by atoms with E-state index in [1.165, 1.54) is 4.88 Å². The second-order valence-electron chi connectivity index (χ2n) is 7.17. The van der Waals surface area contributed by atoms with Crippen LogP contribution in [0, 0.1) is 12.3 Å². The lowest BCUT2D eigenvalue weighted by Crippen LogP contribution is -2.57. The predicted octanol–water partition coefficient (Wildman–Crippen LogP) is 3.67. The SMILES string of the molecule is Cc1oc(-c2cnn(C)c2)nc1C(=O)N1CC(C)(C)C1c1cccs1. The standard InChI is InChI=1S/C18H20N4O2S/c1-11-14(20-16(24-11)12-8-19-21(4)9-12)17(23)22-10-18(2,3)15(22)13-6-5-7-25-13/h5-9,15H,10H2,1-4H3. The van der Waals surface area contributed by atoms with Gasteiger partial charge >= 0.3 is 0 Å². The lowest BCUT2D eigenvalue weighted by molar-refractivity contribution is -0.0310. The number of amides is 1. The van der Waals surface area contributed by atoms with Crippen LogP contribution in [0.2, 0.25) is 0 Å². The molecule has 0 aromatic carbocycles. The fraction of sp³-hybridized carbons (Fsp3) is 0.389. The Morgan fingerprint density at radius 3 is 2.84 bits per heavy atom. The molecule has 0 saturated carbocycles. The molecule has 0 bridgehead atoms. The summed E-state index contributed by atoms with van der Waals surface area (Å²) in [6, 6.07) is 4.20. The Hall–Kier alpha value is -2.41. The van der Waals surface area contributed by atoms with Gasteiger partial charge in [-0.05, 0) is 18.4 Å². The molecule has 1 aliphatic heterocycles. The molecule has 1 atom stereocenters. The van der Waals surface area contributed by atoms with Gasteiger partial charge in [-0.15, -0.1) is 11.3 Å². The molecule has 1 unspecified atom stereocenters. The van der Waals surface area contributed by atoms with Gasteiger partial charge in [0, 0.05) is 30.1 Å². The van der Waals surface area contributed by atoms with Gasteiger partial charge in [0.25, 0.3) is 5.91 Å². The maximum atomic E-state index is 13.1. The first-order chi connectivity index (χ1) is 11.9. The molecule has 0 aliphatic carbocycles. The summed E-state index contributed by atoms with van der Waals surface area (Å²) in [5, 5.41) is 6.18. The highest BCUT2D eigenvalue weighted by Crippen LogP contribution is 2.50. The highest BCUT2D eigenvalue weighted by molar-refractivity contribution is 7.10. The maximum absolute atomic E-state index is 13.1. The van der Waals surface area contributed by atoms with Crippen molar-refractivity contribution in [3.63, 3.8) is 0 Å². The number of hydrogen-bond donors (Lipinski definition) is 0. The topological polar surface area (TPSA) is 64.2 Å². The van der Waals surface area contributed by atoms with Gasteiger partial charge in [0.2, 0.25) is 5.89 Å². The van der Waals surface area contributed by atoms with Crippen LogP contribution in [0.4, 0.5) is 0 Å². The van der Waals surface area contributed by atoms with E-state index in [2.05, 4.69) is 30.0 Å². The van der Waals surface area contributed by atoms with Crippen molar-refractivity contribution in [3.05, 3.63) is 46.2 Å². The molecular formula is C18H20N4O2S.